The zero-order chi connectivity index (χ0) is 18.1. The quantitative estimate of drug-likeness (QED) is 0.762. The summed E-state index contributed by atoms with van der Waals surface area (Å²) in [5.74, 6) is -3.17. The predicted molar refractivity (Wildman–Crippen MR) is 86.0 cm³/mol. The summed E-state index contributed by atoms with van der Waals surface area (Å²) in [5.41, 5.74) is -0.446. The van der Waals surface area contributed by atoms with E-state index in [0.29, 0.717) is 24.9 Å². The van der Waals surface area contributed by atoms with Crippen molar-refractivity contribution in [2.45, 2.75) is 46.1 Å². The predicted octanol–water partition coefficient (Wildman–Crippen LogP) is 4.10. The van der Waals surface area contributed by atoms with Crippen LogP contribution in [0.1, 0.15) is 49.5 Å². The fourth-order valence-electron chi connectivity index (χ4n) is 2.84. The van der Waals surface area contributed by atoms with Crippen LogP contribution in [0, 0.1) is 24.5 Å². The van der Waals surface area contributed by atoms with Crippen molar-refractivity contribution in [3.8, 4) is 0 Å². The second-order valence-electron chi connectivity index (χ2n) is 7.18. The highest BCUT2D eigenvalue weighted by molar-refractivity contribution is 5.99. The van der Waals surface area contributed by atoms with Gasteiger partial charge in [0, 0.05) is 19.0 Å². The minimum atomic E-state index is -1.12. The van der Waals surface area contributed by atoms with E-state index in [0.717, 1.165) is 6.07 Å². The Hall–Kier alpha value is -1.98. The Morgan fingerprint density at radius 1 is 1.25 bits per heavy atom. The maximum Gasteiger partial charge on any atom is 0.410 e. The lowest BCUT2D eigenvalue weighted by atomic mass is 9.88. The minimum absolute atomic E-state index is 0.156. The first kappa shape index (κ1) is 18.4. The van der Waals surface area contributed by atoms with Crippen molar-refractivity contribution in [3.63, 3.8) is 0 Å². The molecule has 0 bridgehead atoms. The molecule has 24 heavy (non-hydrogen) atoms. The Balaban J connectivity index is 2.17. The maximum absolute atomic E-state index is 14.0. The summed E-state index contributed by atoms with van der Waals surface area (Å²) < 4.78 is 32.8. The van der Waals surface area contributed by atoms with Crippen molar-refractivity contribution < 1.29 is 23.1 Å². The van der Waals surface area contributed by atoms with Gasteiger partial charge in [-0.05, 0) is 52.2 Å². The minimum Gasteiger partial charge on any atom is -0.444 e. The van der Waals surface area contributed by atoms with Crippen molar-refractivity contribution in [1.29, 1.82) is 0 Å². The van der Waals surface area contributed by atoms with Crippen LogP contribution >= 0.6 is 0 Å². The summed E-state index contributed by atoms with van der Waals surface area (Å²) in [6.07, 6.45) is 0.663. The van der Waals surface area contributed by atoms with Gasteiger partial charge >= 0.3 is 6.09 Å². The Morgan fingerprint density at radius 2 is 1.92 bits per heavy atom. The molecule has 1 amide bonds. The maximum atomic E-state index is 14.0. The summed E-state index contributed by atoms with van der Waals surface area (Å²) in [7, 11) is 0. The summed E-state index contributed by atoms with van der Waals surface area (Å²) in [6.45, 7) is 7.52. The molecule has 4 nitrogen and oxygen atoms in total. The van der Waals surface area contributed by atoms with Crippen LogP contribution in [0.4, 0.5) is 13.6 Å². The number of rotatable bonds is 2. The van der Waals surface area contributed by atoms with Gasteiger partial charge in [-0.1, -0.05) is 6.07 Å². The number of aryl methyl sites for hydroxylation is 1. The number of hydrogen-bond donors (Lipinski definition) is 0. The third-order valence-corrected chi connectivity index (χ3v) is 3.99. The number of piperidine rings is 1. The van der Waals surface area contributed by atoms with Gasteiger partial charge in [-0.2, -0.15) is 0 Å². The highest BCUT2D eigenvalue weighted by atomic mass is 19.2. The van der Waals surface area contributed by atoms with E-state index in [2.05, 4.69) is 0 Å². The first-order valence-corrected chi connectivity index (χ1v) is 8.07. The fourth-order valence-corrected chi connectivity index (χ4v) is 2.84. The number of Topliss-reactive ketones (excluding diaryl/α,β-unsaturated/α-hetero) is 1. The van der Waals surface area contributed by atoms with E-state index < -0.39 is 35.0 Å². The topological polar surface area (TPSA) is 46.6 Å². The lowest BCUT2D eigenvalue weighted by Gasteiger charge is -2.33. The molecule has 1 aliphatic rings. The molecule has 1 aromatic rings. The molecule has 1 saturated heterocycles. The van der Waals surface area contributed by atoms with Gasteiger partial charge in [0.15, 0.2) is 17.4 Å². The highest BCUT2D eigenvalue weighted by Crippen LogP contribution is 2.26. The summed E-state index contributed by atoms with van der Waals surface area (Å²) >= 11 is 0. The molecule has 2 rings (SSSR count). The molecule has 6 heteroatoms. The summed E-state index contributed by atoms with van der Waals surface area (Å²) in [5, 5.41) is 0. The van der Waals surface area contributed by atoms with Crippen LogP contribution in [0.3, 0.4) is 0 Å². The average molecular weight is 339 g/mol. The number of amides is 1. The van der Waals surface area contributed by atoms with Crippen LogP contribution in [0.25, 0.3) is 0 Å². The van der Waals surface area contributed by atoms with Crippen LogP contribution in [-0.4, -0.2) is 35.5 Å². The lowest BCUT2D eigenvalue weighted by molar-refractivity contribution is 0.0171. The third-order valence-electron chi connectivity index (χ3n) is 3.99. The highest BCUT2D eigenvalue weighted by Gasteiger charge is 2.33. The van der Waals surface area contributed by atoms with Gasteiger partial charge in [0.05, 0.1) is 5.56 Å². The van der Waals surface area contributed by atoms with E-state index in [1.165, 1.54) is 11.0 Å². The number of hydrogen-bond acceptors (Lipinski definition) is 3. The van der Waals surface area contributed by atoms with Gasteiger partial charge < -0.3 is 9.64 Å². The van der Waals surface area contributed by atoms with Crippen molar-refractivity contribution >= 4 is 11.9 Å². The number of benzene rings is 1. The van der Waals surface area contributed by atoms with E-state index in [1.807, 2.05) is 0 Å². The molecule has 0 unspecified atom stereocenters. The second-order valence-corrected chi connectivity index (χ2v) is 7.18. The normalized spacial score (nSPS) is 18.4. The van der Waals surface area contributed by atoms with Gasteiger partial charge in [-0.15, -0.1) is 0 Å². The van der Waals surface area contributed by atoms with Crippen molar-refractivity contribution in [1.82, 2.24) is 4.90 Å². The molecule has 1 fully saturated rings. The molecule has 0 spiro atoms. The number of ether oxygens (including phenoxy) is 1. The largest absolute Gasteiger partial charge is 0.444 e. The van der Waals surface area contributed by atoms with Crippen LogP contribution in [0.2, 0.25) is 0 Å². The molecule has 0 aliphatic carbocycles. The Kier molecular flexibility index (Phi) is 5.26. The third kappa shape index (κ3) is 4.10. The standard InChI is InChI=1S/C18H23F2NO3/c1-11-7-8-13(19)15(20)14(11)16(22)12-6-5-9-21(10-12)17(23)24-18(2,3)4/h7-8,12H,5-6,9-10H2,1-4H3/t12-/m1/s1. The molecule has 1 heterocycles. The number of carbonyl (C=O) groups excluding carboxylic acids is 2. The lowest BCUT2D eigenvalue weighted by Crippen LogP contribution is -2.44. The van der Waals surface area contributed by atoms with Gasteiger partial charge in [-0.25, -0.2) is 13.6 Å². The van der Waals surface area contributed by atoms with Gasteiger partial charge in [0.25, 0.3) is 0 Å². The Labute approximate surface area is 140 Å². The Morgan fingerprint density at radius 3 is 2.54 bits per heavy atom. The average Bonchev–Trinajstić information content (AvgIpc) is 2.50. The van der Waals surface area contributed by atoms with Crippen molar-refractivity contribution in [2.24, 2.45) is 5.92 Å². The molecule has 1 aliphatic heterocycles. The molecule has 1 aromatic carbocycles. The molecule has 0 N–H and O–H groups in total. The number of halogens is 2. The number of nitrogens with zero attached hydrogens (tertiary/aromatic N) is 1. The smallest absolute Gasteiger partial charge is 0.410 e. The zero-order valence-electron chi connectivity index (χ0n) is 14.5. The fraction of sp³-hybridized carbons (Fsp3) is 0.556. The van der Waals surface area contributed by atoms with Gasteiger partial charge in [-0.3, -0.25) is 4.79 Å². The van der Waals surface area contributed by atoms with Crippen molar-refractivity contribution in [3.05, 3.63) is 34.9 Å². The monoisotopic (exact) mass is 339 g/mol. The molecule has 0 aromatic heterocycles. The van der Waals surface area contributed by atoms with Crippen LogP contribution in [0.15, 0.2) is 12.1 Å². The second kappa shape index (κ2) is 6.87. The van der Waals surface area contributed by atoms with Crippen LogP contribution in [0.5, 0.6) is 0 Å². The molecular formula is C18H23F2NO3. The Bertz CT molecular complexity index is 652. The summed E-state index contributed by atoms with van der Waals surface area (Å²) in [4.78, 5) is 26.3. The van der Waals surface area contributed by atoms with Crippen LogP contribution < -0.4 is 0 Å². The molecular weight excluding hydrogens is 316 g/mol. The number of ketones is 1. The van der Waals surface area contributed by atoms with Crippen LogP contribution in [-0.2, 0) is 4.74 Å². The van der Waals surface area contributed by atoms with Gasteiger partial charge in [0.2, 0.25) is 0 Å². The molecule has 0 radical (unpaired) electrons. The van der Waals surface area contributed by atoms with E-state index in [-0.39, 0.29) is 12.1 Å². The first-order valence-electron chi connectivity index (χ1n) is 8.07. The zero-order valence-corrected chi connectivity index (χ0v) is 14.5. The molecule has 1 atom stereocenters. The number of carbonyl (C=O) groups is 2. The van der Waals surface area contributed by atoms with E-state index in [1.54, 1.807) is 27.7 Å². The summed E-state index contributed by atoms with van der Waals surface area (Å²) in [6, 6.07) is 2.40. The first-order chi connectivity index (χ1) is 11.1. The van der Waals surface area contributed by atoms with E-state index in [9.17, 15) is 18.4 Å². The van der Waals surface area contributed by atoms with Gasteiger partial charge in [0.1, 0.15) is 5.60 Å². The number of likely N-dealkylation sites (tertiary alicyclic amines) is 1. The molecule has 0 saturated carbocycles. The van der Waals surface area contributed by atoms with E-state index in [4.69, 9.17) is 4.74 Å². The molecule has 132 valence electrons. The SMILES string of the molecule is Cc1ccc(F)c(F)c1C(=O)[C@@H]1CCCN(C(=O)OC(C)(C)C)C1. The van der Waals surface area contributed by atoms with Crippen molar-refractivity contribution in [2.75, 3.05) is 13.1 Å². The van der Waals surface area contributed by atoms with E-state index >= 15 is 0 Å².